The lowest BCUT2D eigenvalue weighted by Gasteiger charge is -2.21. The lowest BCUT2D eigenvalue weighted by molar-refractivity contribution is -0.124. The molecule has 0 bridgehead atoms. The van der Waals surface area contributed by atoms with Crippen LogP contribution in [0.5, 0.6) is 0 Å². The Morgan fingerprint density at radius 2 is 2.00 bits per heavy atom. The molecule has 0 spiro atoms. The van der Waals surface area contributed by atoms with E-state index in [1.54, 1.807) is 6.92 Å². The fourth-order valence-electron chi connectivity index (χ4n) is 2.40. The third-order valence-corrected chi connectivity index (χ3v) is 3.64. The van der Waals surface area contributed by atoms with Crippen molar-refractivity contribution >= 4 is 11.9 Å². The van der Waals surface area contributed by atoms with Crippen molar-refractivity contribution in [1.29, 1.82) is 0 Å². The van der Waals surface area contributed by atoms with E-state index in [0.717, 1.165) is 5.69 Å². The first-order valence-corrected chi connectivity index (χ1v) is 7.37. The Morgan fingerprint density at radius 1 is 1.24 bits per heavy atom. The van der Waals surface area contributed by atoms with Gasteiger partial charge >= 0.3 is 5.97 Å². The number of rotatable bonds is 5. The number of hydrogen-bond donors (Lipinski definition) is 1. The average molecular weight is 291 g/mol. The number of esters is 1. The van der Waals surface area contributed by atoms with Crippen molar-refractivity contribution in [2.75, 3.05) is 13.2 Å². The van der Waals surface area contributed by atoms with Crippen LogP contribution in [0.4, 0.5) is 0 Å². The normalized spacial score (nSPS) is 15.5. The highest BCUT2D eigenvalue weighted by Gasteiger charge is 2.15. The maximum Gasteiger partial charge on any atom is 0.359 e. The monoisotopic (exact) mass is 291 g/mol. The highest BCUT2D eigenvalue weighted by Crippen LogP contribution is 2.22. The molecule has 1 heterocycles. The molecule has 6 nitrogen and oxygen atoms in total. The Bertz CT molecular complexity index is 481. The van der Waals surface area contributed by atoms with Crippen LogP contribution in [-0.2, 0) is 9.53 Å². The van der Waals surface area contributed by atoms with E-state index in [1.165, 1.54) is 44.5 Å². The molecule has 1 fully saturated rings. The largest absolute Gasteiger partial charge is 0.451 e. The molecule has 2 rings (SSSR count). The molecule has 0 aromatic carbocycles. The Morgan fingerprint density at radius 3 is 2.67 bits per heavy atom. The molecule has 0 atom stereocenters. The molecule has 1 amide bonds. The molecule has 1 saturated carbocycles. The van der Waals surface area contributed by atoms with Crippen LogP contribution in [0.25, 0.3) is 0 Å². The van der Waals surface area contributed by atoms with Gasteiger partial charge in [-0.2, -0.15) is 0 Å². The summed E-state index contributed by atoms with van der Waals surface area (Å²) in [6.07, 6.45) is 8.93. The minimum absolute atomic E-state index is 0.112. The highest BCUT2D eigenvalue weighted by atomic mass is 16.5. The van der Waals surface area contributed by atoms with Crippen LogP contribution in [0.3, 0.4) is 0 Å². The topological polar surface area (TPSA) is 81.2 Å². The Balaban J connectivity index is 1.68. The van der Waals surface area contributed by atoms with Gasteiger partial charge in [0.1, 0.15) is 0 Å². The van der Waals surface area contributed by atoms with Crippen LogP contribution in [0.15, 0.2) is 12.4 Å². The summed E-state index contributed by atoms with van der Waals surface area (Å²) in [5.41, 5.74) is 0.831. The molecule has 0 radical (unpaired) electrons. The van der Waals surface area contributed by atoms with Crippen molar-refractivity contribution < 1.29 is 14.3 Å². The van der Waals surface area contributed by atoms with E-state index >= 15 is 0 Å². The van der Waals surface area contributed by atoms with Gasteiger partial charge in [-0.3, -0.25) is 9.78 Å². The van der Waals surface area contributed by atoms with E-state index in [1.807, 2.05) is 0 Å². The number of aromatic nitrogens is 2. The minimum atomic E-state index is -0.629. The van der Waals surface area contributed by atoms with Crippen LogP contribution in [0, 0.1) is 12.8 Å². The van der Waals surface area contributed by atoms with Gasteiger partial charge in [-0.15, -0.1) is 0 Å². The summed E-state index contributed by atoms with van der Waals surface area (Å²) in [4.78, 5) is 31.2. The smallest absolute Gasteiger partial charge is 0.359 e. The molecule has 6 heteroatoms. The summed E-state index contributed by atoms with van der Waals surface area (Å²) in [5.74, 6) is -0.342. The maximum absolute atomic E-state index is 11.7. The summed E-state index contributed by atoms with van der Waals surface area (Å²) in [5, 5.41) is 2.82. The fraction of sp³-hybridized carbons (Fsp3) is 0.600. The van der Waals surface area contributed by atoms with Crippen molar-refractivity contribution in [3.8, 4) is 0 Å². The van der Waals surface area contributed by atoms with Crippen molar-refractivity contribution in [3.63, 3.8) is 0 Å². The van der Waals surface area contributed by atoms with Gasteiger partial charge in [-0.25, -0.2) is 9.78 Å². The van der Waals surface area contributed by atoms with Gasteiger partial charge in [-0.1, -0.05) is 19.3 Å². The van der Waals surface area contributed by atoms with Crippen molar-refractivity contribution in [3.05, 3.63) is 23.8 Å². The van der Waals surface area contributed by atoms with Crippen LogP contribution < -0.4 is 5.32 Å². The number of nitrogens with one attached hydrogen (secondary N) is 1. The van der Waals surface area contributed by atoms with E-state index in [-0.39, 0.29) is 18.2 Å². The minimum Gasteiger partial charge on any atom is -0.451 e. The van der Waals surface area contributed by atoms with E-state index in [4.69, 9.17) is 4.74 Å². The lowest BCUT2D eigenvalue weighted by Crippen LogP contribution is -2.33. The van der Waals surface area contributed by atoms with E-state index in [9.17, 15) is 9.59 Å². The van der Waals surface area contributed by atoms with Gasteiger partial charge in [0.15, 0.2) is 12.3 Å². The van der Waals surface area contributed by atoms with Crippen LogP contribution in [-0.4, -0.2) is 35.0 Å². The molecule has 1 aliphatic carbocycles. The third kappa shape index (κ3) is 5.13. The van der Waals surface area contributed by atoms with Gasteiger partial charge in [-0.05, 0) is 25.7 Å². The van der Waals surface area contributed by atoms with Crippen molar-refractivity contribution in [2.24, 2.45) is 5.92 Å². The zero-order valence-corrected chi connectivity index (χ0v) is 12.3. The number of ether oxygens (including phenoxy) is 1. The van der Waals surface area contributed by atoms with Crippen molar-refractivity contribution in [1.82, 2.24) is 15.3 Å². The van der Waals surface area contributed by atoms with Gasteiger partial charge in [0.2, 0.25) is 0 Å². The van der Waals surface area contributed by atoms with Crippen LogP contribution in [0.2, 0.25) is 0 Å². The number of carbonyl (C=O) groups excluding carboxylic acids is 2. The first kappa shape index (κ1) is 15.4. The van der Waals surface area contributed by atoms with Gasteiger partial charge in [0, 0.05) is 12.7 Å². The molecule has 1 aliphatic rings. The van der Waals surface area contributed by atoms with Gasteiger partial charge in [0.25, 0.3) is 5.91 Å². The molecule has 0 aliphatic heterocycles. The lowest BCUT2D eigenvalue weighted by atomic mass is 9.89. The van der Waals surface area contributed by atoms with Gasteiger partial charge < -0.3 is 10.1 Å². The summed E-state index contributed by atoms with van der Waals surface area (Å²) < 4.78 is 4.92. The predicted molar refractivity (Wildman–Crippen MR) is 76.6 cm³/mol. The molecule has 1 N–H and O–H groups in total. The summed E-state index contributed by atoms with van der Waals surface area (Å²) in [6.45, 7) is 2.17. The maximum atomic E-state index is 11.7. The number of aryl methyl sites for hydroxylation is 1. The second-order valence-electron chi connectivity index (χ2n) is 5.43. The zero-order valence-electron chi connectivity index (χ0n) is 12.3. The average Bonchev–Trinajstić information content (AvgIpc) is 2.52. The number of nitrogens with zero attached hydrogens (tertiary/aromatic N) is 2. The van der Waals surface area contributed by atoms with Crippen LogP contribution in [0.1, 0.15) is 48.3 Å². The summed E-state index contributed by atoms with van der Waals surface area (Å²) >= 11 is 0. The van der Waals surface area contributed by atoms with E-state index < -0.39 is 5.97 Å². The predicted octanol–water partition coefficient (Wildman–Crippen LogP) is 1.64. The zero-order chi connectivity index (χ0) is 15.1. The van der Waals surface area contributed by atoms with Crippen LogP contribution >= 0.6 is 0 Å². The SMILES string of the molecule is Cc1cnc(C(=O)OCC(=O)NCC2CCCCC2)cn1. The molecular formula is C15H21N3O3. The Labute approximate surface area is 124 Å². The highest BCUT2D eigenvalue weighted by molar-refractivity contribution is 5.89. The Hall–Kier alpha value is -1.98. The number of hydrogen-bond acceptors (Lipinski definition) is 5. The summed E-state index contributed by atoms with van der Waals surface area (Å²) in [7, 11) is 0. The van der Waals surface area contributed by atoms with Gasteiger partial charge in [0.05, 0.1) is 11.9 Å². The second kappa shape index (κ2) is 7.71. The molecular weight excluding hydrogens is 270 g/mol. The van der Waals surface area contributed by atoms with E-state index in [2.05, 4.69) is 15.3 Å². The first-order valence-electron chi connectivity index (χ1n) is 7.37. The fourth-order valence-corrected chi connectivity index (χ4v) is 2.40. The number of carbonyl (C=O) groups is 2. The van der Waals surface area contributed by atoms with E-state index in [0.29, 0.717) is 12.5 Å². The molecule has 1 aromatic rings. The third-order valence-electron chi connectivity index (χ3n) is 3.64. The van der Waals surface area contributed by atoms with Crippen molar-refractivity contribution in [2.45, 2.75) is 39.0 Å². The molecule has 114 valence electrons. The molecule has 21 heavy (non-hydrogen) atoms. The molecule has 0 saturated heterocycles. The standard InChI is InChI=1S/C15H21N3O3/c1-11-7-17-13(9-16-11)15(20)21-10-14(19)18-8-12-5-3-2-4-6-12/h7,9,12H,2-6,8,10H2,1H3,(H,18,19). The first-order chi connectivity index (χ1) is 10.1. The Kier molecular flexibility index (Phi) is 5.66. The summed E-state index contributed by atoms with van der Waals surface area (Å²) in [6, 6.07) is 0. The molecule has 1 aromatic heterocycles. The second-order valence-corrected chi connectivity index (χ2v) is 5.43. The number of amides is 1. The molecule has 0 unspecified atom stereocenters. The quantitative estimate of drug-likeness (QED) is 0.834.